The van der Waals surface area contributed by atoms with Crippen molar-refractivity contribution in [2.75, 3.05) is 32.3 Å². The smallest absolute Gasteiger partial charge is 0.407 e. The van der Waals surface area contributed by atoms with Crippen molar-refractivity contribution in [1.82, 2.24) is 10.2 Å². The van der Waals surface area contributed by atoms with Gasteiger partial charge in [-0.1, -0.05) is 12.8 Å². The number of benzene rings is 1. The molecule has 3 saturated carbocycles. The lowest BCUT2D eigenvalue weighted by molar-refractivity contribution is -0.142. The average molecular weight is 740 g/mol. The molecule has 3 atom stereocenters. The number of carbonyl (C=O) groups excluding carboxylic acids is 4. The van der Waals surface area contributed by atoms with Crippen LogP contribution in [0.2, 0.25) is 0 Å². The molecule has 2 N–H and O–H groups in total. The number of alkyl carbamates (subject to hydrolysis) is 1. The molecule has 292 valence electrons. The fraction of sp³-hybridized carbons (Fsp3) is 0.707. The second-order valence-corrected chi connectivity index (χ2v) is 16.8. The Balaban J connectivity index is 1.12. The number of carbonyl (C=O) groups is 4. The second-order valence-electron chi connectivity index (χ2n) is 16.8. The van der Waals surface area contributed by atoms with Crippen molar-refractivity contribution in [3.05, 3.63) is 30.0 Å². The zero-order valence-corrected chi connectivity index (χ0v) is 31.8. The van der Waals surface area contributed by atoms with E-state index in [9.17, 15) is 23.6 Å². The monoisotopic (exact) mass is 739 g/mol. The van der Waals surface area contributed by atoms with Crippen LogP contribution in [0, 0.1) is 29.6 Å². The molecule has 0 bridgehead atoms. The Bertz CT molecular complexity index is 1580. The summed E-state index contributed by atoms with van der Waals surface area (Å²) in [6.45, 7) is 5.49. The normalized spacial score (nSPS) is 27.4. The molecule has 6 rings (SSSR count). The summed E-state index contributed by atoms with van der Waals surface area (Å²) in [6.07, 6.45) is 10.9. The number of esters is 1. The Labute approximate surface area is 312 Å². The van der Waals surface area contributed by atoms with E-state index in [2.05, 4.69) is 10.6 Å². The Kier molecular flexibility index (Phi) is 12.7. The molecular formula is C41H58FN3O8. The van der Waals surface area contributed by atoms with Crippen molar-refractivity contribution >= 4 is 40.5 Å². The van der Waals surface area contributed by atoms with E-state index in [4.69, 9.17) is 18.6 Å². The van der Waals surface area contributed by atoms with Crippen LogP contribution in [0.25, 0.3) is 11.0 Å². The van der Waals surface area contributed by atoms with Crippen LogP contribution in [-0.2, 0) is 23.8 Å². The standard InChI is InChI=1S/C41H58FN3O8/c1-41(2,3)53-40(49)44-33(23-42)27-9-11-28(12-10-27)38(47)45-20-19-32(26-13-16-31(50-4)17-14-26)36(45)37(46)43-30-15-18-34-29(21-30)22-35(52-34)39(48)51-24-25-7-5-6-8-25/h15,18,21-22,25-28,31-33,36H,5-14,16-17,19-20,23-24H2,1-4H3,(H,43,46)(H,44,49)/t26?,27-,28-,31?,32-,33+,36-/m0/s1. The largest absolute Gasteiger partial charge is 0.460 e. The van der Waals surface area contributed by atoms with E-state index >= 15 is 0 Å². The SMILES string of the molecule is COC1CCC([C@@H]2CCN(C(=O)[C@H]3CC[C@H]([C@@H](CF)NC(=O)OC(C)(C)C)CC3)[C@@H]2C(=O)Nc2ccc3oc(C(=O)OCC4CCCC4)cc3c2)CC1. The van der Waals surface area contributed by atoms with Crippen molar-refractivity contribution in [3.8, 4) is 0 Å². The Morgan fingerprint density at radius 1 is 0.943 bits per heavy atom. The maximum atomic E-state index is 14.3. The minimum Gasteiger partial charge on any atom is -0.460 e. The van der Waals surface area contributed by atoms with E-state index in [1.807, 2.05) is 0 Å². The van der Waals surface area contributed by atoms with Gasteiger partial charge in [0, 0.05) is 30.6 Å². The van der Waals surface area contributed by atoms with Crippen LogP contribution in [0.5, 0.6) is 0 Å². The van der Waals surface area contributed by atoms with E-state index in [1.54, 1.807) is 57.0 Å². The van der Waals surface area contributed by atoms with Crippen molar-refractivity contribution in [2.24, 2.45) is 29.6 Å². The van der Waals surface area contributed by atoms with Crippen LogP contribution in [-0.4, -0.2) is 79.5 Å². The summed E-state index contributed by atoms with van der Waals surface area (Å²) in [5.41, 5.74) is 0.395. The number of furan rings is 1. The van der Waals surface area contributed by atoms with Crippen molar-refractivity contribution < 1.29 is 42.2 Å². The maximum absolute atomic E-state index is 14.3. The summed E-state index contributed by atoms with van der Waals surface area (Å²) in [6, 6.07) is 5.63. The van der Waals surface area contributed by atoms with E-state index in [0.29, 0.717) is 67.3 Å². The van der Waals surface area contributed by atoms with E-state index in [0.717, 1.165) is 44.9 Å². The third kappa shape index (κ3) is 9.72. The number of methoxy groups -OCH3 is 1. The van der Waals surface area contributed by atoms with Crippen molar-refractivity contribution in [3.63, 3.8) is 0 Å². The second kappa shape index (κ2) is 17.2. The molecule has 1 saturated heterocycles. The highest BCUT2D eigenvalue weighted by atomic mass is 19.1. The highest BCUT2D eigenvalue weighted by molar-refractivity contribution is 6.00. The number of anilines is 1. The fourth-order valence-electron chi connectivity index (χ4n) is 9.27. The molecule has 12 heteroatoms. The zero-order chi connectivity index (χ0) is 37.7. The number of likely N-dealkylation sites (tertiary alicyclic amines) is 1. The van der Waals surface area contributed by atoms with Gasteiger partial charge in [0.25, 0.3) is 0 Å². The first kappa shape index (κ1) is 39.0. The highest BCUT2D eigenvalue weighted by Gasteiger charge is 2.47. The van der Waals surface area contributed by atoms with Crippen molar-refractivity contribution in [1.29, 1.82) is 0 Å². The number of hydrogen-bond donors (Lipinski definition) is 2. The highest BCUT2D eigenvalue weighted by Crippen LogP contribution is 2.42. The number of ether oxygens (including phenoxy) is 3. The first-order valence-electron chi connectivity index (χ1n) is 19.8. The molecule has 0 radical (unpaired) electrons. The van der Waals surface area contributed by atoms with Crippen LogP contribution >= 0.6 is 0 Å². The number of nitrogens with zero attached hydrogens (tertiary/aromatic N) is 1. The lowest BCUT2D eigenvalue weighted by Gasteiger charge is -2.38. The Hall–Kier alpha value is -3.67. The molecule has 2 aromatic rings. The first-order chi connectivity index (χ1) is 25.4. The van der Waals surface area contributed by atoms with Gasteiger partial charge in [0.15, 0.2) is 0 Å². The Morgan fingerprint density at radius 2 is 1.66 bits per heavy atom. The predicted octanol–water partition coefficient (Wildman–Crippen LogP) is 7.81. The summed E-state index contributed by atoms with van der Waals surface area (Å²) in [5, 5.41) is 6.48. The fourth-order valence-corrected chi connectivity index (χ4v) is 9.27. The van der Waals surface area contributed by atoms with Gasteiger partial charge in [-0.25, -0.2) is 14.0 Å². The van der Waals surface area contributed by atoms with Crippen LogP contribution in [0.4, 0.5) is 14.9 Å². The van der Waals surface area contributed by atoms with Crippen LogP contribution in [0.15, 0.2) is 28.7 Å². The topological polar surface area (TPSA) is 136 Å². The minimum atomic E-state index is -0.708. The van der Waals surface area contributed by atoms with E-state index in [-0.39, 0.29) is 41.4 Å². The number of alkyl halides is 1. The molecule has 11 nitrogen and oxygen atoms in total. The zero-order valence-electron chi connectivity index (χ0n) is 31.8. The molecule has 2 heterocycles. The number of amides is 3. The van der Waals surface area contributed by atoms with Gasteiger partial charge in [-0.2, -0.15) is 0 Å². The van der Waals surface area contributed by atoms with Gasteiger partial charge >= 0.3 is 12.1 Å². The van der Waals surface area contributed by atoms with Gasteiger partial charge in [-0.05, 0) is 139 Å². The third-order valence-electron chi connectivity index (χ3n) is 12.1. The lowest BCUT2D eigenvalue weighted by atomic mass is 9.75. The van der Waals surface area contributed by atoms with Gasteiger partial charge in [0.2, 0.25) is 17.6 Å². The van der Waals surface area contributed by atoms with Gasteiger partial charge in [-0.15, -0.1) is 0 Å². The summed E-state index contributed by atoms with van der Waals surface area (Å²) in [4.78, 5) is 55.5. The van der Waals surface area contributed by atoms with Gasteiger partial charge < -0.3 is 34.2 Å². The third-order valence-corrected chi connectivity index (χ3v) is 12.1. The van der Waals surface area contributed by atoms with Crippen molar-refractivity contribution in [2.45, 2.75) is 128 Å². The molecule has 0 spiro atoms. The number of rotatable bonds is 11. The summed E-state index contributed by atoms with van der Waals surface area (Å²) < 4.78 is 36.4. The number of nitrogens with one attached hydrogen (secondary N) is 2. The molecule has 4 fully saturated rings. The molecule has 3 amide bonds. The molecule has 0 unspecified atom stereocenters. The molecule has 1 aromatic heterocycles. The van der Waals surface area contributed by atoms with Crippen LogP contribution in [0.3, 0.4) is 0 Å². The maximum Gasteiger partial charge on any atom is 0.407 e. The molecule has 1 aliphatic heterocycles. The Morgan fingerprint density at radius 3 is 2.32 bits per heavy atom. The number of hydrogen-bond acceptors (Lipinski definition) is 8. The number of halogens is 1. The predicted molar refractivity (Wildman–Crippen MR) is 198 cm³/mol. The molecule has 1 aromatic carbocycles. The van der Waals surface area contributed by atoms with Gasteiger partial charge in [0.1, 0.15) is 23.9 Å². The molecule has 4 aliphatic rings. The number of fused-ring (bicyclic) bond motifs is 1. The summed E-state index contributed by atoms with van der Waals surface area (Å²) in [7, 11) is 1.74. The quantitative estimate of drug-likeness (QED) is 0.223. The van der Waals surface area contributed by atoms with Gasteiger partial charge in [-0.3, -0.25) is 9.59 Å². The van der Waals surface area contributed by atoms with E-state index in [1.165, 1.54) is 12.8 Å². The summed E-state index contributed by atoms with van der Waals surface area (Å²) in [5.74, 6) is -0.271. The molecular weight excluding hydrogens is 681 g/mol. The van der Waals surface area contributed by atoms with Gasteiger partial charge in [0.05, 0.1) is 18.8 Å². The molecule has 53 heavy (non-hydrogen) atoms. The van der Waals surface area contributed by atoms with E-state index < -0.39 is 36.4 Å². The average Bonchev–Trinajstić information content (AvgIpc) is 3.92. The minimum absolute atomic E-state index is 0.0148. The first-order valence-corrected chi connectivity index (χ1v) is 19.8. The molecule has 3 aliphatic carbocycles. The lowest BCUT2D eigenvalue weighted by Crippen LogP contribution is -2.50. The van der Waals surface area contributed by atoms with Crippen LogP contribution in [0.1, 0.15) is 115 Å². The summed E-state index contributed by atoms with van der Waals surface area (Å²) >= 11 is 0. The van der Waals surface area contributed by atoms with Crippen LogP contribution < -0.4 is 10.6 Å².